The van der Waals surface area contributed by atoms with Gasteiger partial charge in [0.25, 0.3) is 6.43 Å². The zero-order valence-electron chi connectivity index (χ0n) is 21.5. The Kier molecular flexibility index (Phi) is 5.96. The fourth-order valence-electron chi connectivity index (χ4n) is 5.21. The normalized spacial score (nSPS) is 18.8. The van der Waals surface area contributed by atoms with Crippen LogP contribution in [0.2, 0.25) is 0 Å². The Morgan fingerprint density at radius 1 is 1.15 bits per heavy atom. The zero-order valence-corrected chi connectivity index (χ0v) is 23.1. The van der Waals surface area contributed by atoms with Crippen molar-refractivity contribution in [2.45, 2.75) is 42.5 Å². The van der Waals surface area contributed by atoms with Gasteiger partial charge < -0.3 is 9.80 Å². The smallest absolute Gasteiger partial charge is 0.291 e. The van der Waals surface area contributed by atoms with E-state index in [2.05, 4.69) is 24.9 Å². The molecule has 0 unspecified atom stereocenters. The van der Waals surface area contributed by atoms with Gasteiger partial charge in [0.05, 0.1) is 21.9 Å². The summed E-state index contributed by atoms with van der Waals surface area (Å²) >= 11 is 0.683. The van der Waals surface area contributed by atoms with Crippen molar-refractivity contribution in [3.63, 3.8) is 0 Å². The lowest BCUT2D eigenvalue weighted by atomic mass is 10.2. The van der Waals surface area contributed by atoms with Crippen molar-refractivity contribution in [1.82, 2.24) is 34.4 Å². The minimum Gasteiger partial charge on any atom is -0.352 e. The molecule has 2 saturated carbocycles. The van der Waals surface area contributed by atoms with Crippen LogP contribution in [-0.2, 0) is 14.8 Å². The minimum absolute atomic E-state index is 0.0871. The number of aromatic nitrogens is 5. The van der Waals surface area contributed by atoms with E-state index in [1.54, 1.807) is 6.07 Å². The third kappa shape index (κ3) is 4.48. The van der Waals surface area contributed by atoms with Crippen LogP contribution in [0.25, 0.3) is 27.1 Å². The quantitative estimate of drug-likeness (QED) is 0.338. The molecule has 41 heavy (non-hydrogen) atoms. The van der Waals surface area contributed by atoms with Gasteiger partial charge in [0.1, 0.15) is 17.7 Å². The van der Waals surface area contributed by atoms with Crippen molar-refractivity contribution >= 4 is 55.0 Å². The van der Waals surface area contributed by atoms with E-state index >= 15 is 0 Å². The highest BCUT2D eigenvalue weighted by molar-refractivity contribution is 7.89. The number of halogens is 2. The number of benzene rings is 1. The summed E-state index contributed by atoms with van der Waals surface area (Å²) in [6.45, 7) is 2.17. The molecule has 7 rings (SSSR count). The lowest BCUT2D eigenvalue weighted by molar-refractivity contribution is -0.132. The summed E-state index contributed by atoms with van der Waals surface area (Å²) in [5, 5.41) is 17.8. The first-order chi connectivity index (χ1) is 19.7. The number of nitriles is 1. The first-order valence-corrected chi connectivity index (χ1v) is 15.4. The molecule has 12 nitrogen and oxygen atoms in total. The molecule has 1 aromatic carbocycles. The largest absolute Gasteiger partial charge is 0.352 e. The van der Waals surface area contributed by atoms with E-state index in [1.165, 1.54) is 23.0 Å². The molecule has 0 bridgehead atoms. The number of alkyl halides is 2. The van der Waals surface area contributed by atoms with E-state index in [0.717, 1.165) is 12.8 Å². The SMILES string of the molecule is N#CC1(NS(=O)(=O)c2ccc3c4c(N5CCN(C(=O)C6CC6)CC5)ncnc4n(-c4nnc(C(F)F)s4)c3c2)CC1. The van der Waals surface area contributed by atoms with Gasteiger partial charge in [0.15, 0.2) is 10.7 Å². The van der Waals surface area contributed by atoms with Gasteiger partial charge in [-0.3, -0.25) is 9.36 Å². The highest BCUT2D eigenvalue weighted by atomic mass is 32.2. The molecule has 0 spiro atoms. The molecule has 3 aromatic heterocycles. The maximum Gasteiger partial charge on any atom is 0.291 e. The molecule has 2 aliphatic carbocycles. The lowest BCUT2D eigenvalue weighted by Crippen LogP contribution is -2.49. The average molecular weight is 600 g/mol. The van der Waals surface area contributed by atoms with Crippen molar-refractivity contribution in [3.8, 4) is 11.2 Å². The molecule has 4 aromatic rings. The molecule has 4 heterocycles. The van der Waals surface area contributed by atoms with Crippen LogP contribution in [0.4, 0.5) is 14.6 Å². The number of sulfonamides is 1. The number of fused-ring (bicyclic) bond motifs is 3. The zero-order chi connectivity index (χ0) is 28.5. The lowest BCUT2D eigenvalue weighted by Gasteiger charge is -2.35. The number of hydrogen-bond acceptors (Lipinski definition) is 10. The molecular formula is C25H23F2N9O3S2. The average Bonchev–Trinajstić information content (AvgIpc) is 3.88. The minimum atomic E-state index is -4.07. The molecule has 0 radical (unpaired) electrons. The Morgan fingerprint density at radius 3 is 2.54 bits per heavy atom. The first kappa shape index (κ1) is 26.1. The van der Waals surface area contributed by atoms with Crippen LogP contribution in [0.3, 0.4) is 0 Å². The number of anilines is 1. The van der Waals surface area contributed by atoms with E-state index in [4.69, 9.17) is 0 Å². The number of amides is 1. The maximum atomic E-state index is 13.4. The van der Waals surface area contributed by atoms with Crippen molar-refractivity contribution < 1.29 is 22.0 Å². The van der Waals surface area contributed by atoms with Crippen molar-refractivity contribution in [2.24, 2.45) is 5.92 Å². The fraction of sp³-hybridized carbons (Fsp3) is 0.440. The second-order valence-corrected chi connectivity index (χ2v) is 13.2. The Balaban J connectivity index is 1.35. The van der Waals surface area contributed by atoms with E-state index in [-0.39, 0.29) is 21.9 Å². The van der Waals surface area contributed by atoms with Gasteiger partial charge in [-0.25, -0.2) is 27.2 Å². The second-order valence-electron chi connectivity index (χ2n) is 10.5. The van der Waals surface area contributed by atoms with Crippen molar-refractivity contribution in [1.29, 1.82) is 5.26 Å². The van der Waals surface area contributed by atoms with Crippen molar-refractivity contribution in [3.05, 3.63) is 29.5 Å². The third-order valence-electron chi connectivity index (χ3n) is 7.73. The Bertz CT molecular complexity index is 1850. The second kappa shape index (κ2) is 9.36. The summed E-state index contributed by atoms with van der Waals surface area (Å²) in [5.41, 5.74) is -0.393. The maximum absolute atomic E-state index is 13.4. The van der Waals surface area contributed by atoms with E-state index in [1.807, 2.05) is 15.9 Å². The topological polar surface area (TPSA) is 150 Å². The van der Waals surface area contributed by atoms with Gasteiger partial charge in [-0.2, -0.15) is 9.98 Å². The fourth-order valence-corrected chi connectivity index (χ4v) is 7.32. The van der Waals surface area contributed by atoms with E-state index < -0.39 is 27.0 Å². The molecule has 1 saturated heterocycles. The van der Waals surface area contributed by atoms with Gasteiger partial charge in [0.2, 0.25) is 21.1 Å². The van der Waals surface area contributed by atoms with Crippen LogP contribution < -0.4 is 9.62 Å². The van der Waals surface area contributed by atoms with Gasteiger partial charge in [-0.1, -0.05) is 17.4 Å². The summed E-state index contributed by atoms with van der Waals surface area (Å²) in [7, 11) is -4.07. The number of hydrogen-bond donors (Lipinski definition) is 1. The molecular weight excluding hydrogens is 576 g/mol. The molecule has 3 aliphatic rings. The van der Waals surface area contributed by atoms with Gasteiger partial charge in [-0.15, -0.1) is 10.2 Å². The highest BCUT2D eigenvalue weighted by Gasteiger charge is 2.47. The Hall–Kier alpha value is -3.81. The number of piperazine rings is 1. The molecule has 212 valence electrons. The predicted molar refractivity (Wildman–Crippen MR) is 144 cm³/mol. The summed E-state index contributed by atoms with van der Waals surface area (Å²) in [4.78, 5) is 25.4. The van der Waals surface area contributed by atoms with E-state index in [0.29, 0.717) is 78.1 Å². The van der Waals surface area contributed by atoms with Gasteiger partial charge in [-0.05, 0) is 37.8 Å². The van der Waals surface area contributed by atoms with Crippen LogP contribution in [0.1, 0.15) is 37.1 Å². The standard InChI is InChI=1S/C25H23F2N9O3S2/c26-19(27)22-31-32-24(40-22)36-17-11-15(41(38,39)33-25(12-28)5-6-25)3-4-16(17)18-20(29-13-30-21(18)36)34-7-9-35(10-8-34)23(37)14-1-2-14/h3-4,11,13-14,19,33H,1-2,5-10H2. The summed E-state index contributed by atoms with van der Waals surface area (Å²) in [5.74, 6) is 0.913. The molecule has 0 atom stereocenters. The van der Waals surface area contributed by atoms with E-state index in [9.17, 15) is 27.3 Å². The molecule has 3 fully saturated rings. The highest BCUT2D eigenvalue weighted by Crippen LogP contribution is 2.40. The van der Waals surface area contributed by atoms with Crippen molar-refractivity contribution in [2.75, 3.05) is 31.1 Å². The molecule has 1 N–H and O–H groups in total. The Labute approximate surface area is 236 Å². The van der Waals surface area contributed by atoms with Gasteiger partial charge >= 0.3 is 0 Å². The first-order valence-electron chi connectivity index (χ1n) is 13.1. The number of carbonyl (C=O) groups excluding carboxylic acids is 1. The van der Waals surface area contributed by atoms with Crippen LogP contribution >= 0.6 is 11.3 Å². The Morgan fingerprint density at radius 2 is 1.90 bits per heavy atom. The summed E-state index contributed by atoms with van der Waals surface area (Å²) in [6.07, 6.45) is 1.27. The number of rotatable bonds is 7. The number of nitrogens with zero attached hydrogens (tertiary/aromatic N) is 8. The van der Waals surface area contributed by atoms with Crippen LogP contribution in [0, 0.1) is 17.2 Å². The molecule has 1 aliphatic heterocycles. The third-order valence-corrected chi connectivity index (χ3v) is 10.2. The van der Waals surface area contributed by atoms with Crippen LogP contribution in [0.15, 0.2) is 29.4 Å². The van der Waals surface area contributed by atoms with Gasteiger partial charge in [0, 0.05) is 37.5 Å². The summed E-state index contributed by atoms with van der Waals surface area (Å²) in [6, 6.07) is 6.51. The number of carbonyl (C=O) groups is 1. The summed E-state index contributed by atoms with van der Waals surface area (Å²) < 4.78 is 57.4. The number of nitrogens with one attached hydrogen (secondary N) is 1. The van der Waals surface area contributed by atoms with Crippen LogP contribution in [0.5, 0.6) is 0 Å². The molecule has 1 amide bonds. The molecule has 16 heteroatoms. The monoisotopic (exact) mass is 599 g/mol. The van der Waals surface area contributed by atoms with Crippen LogP contribution in [-0.4, -0.2) is 75.7 Å². The predicted octanol–water partition coefficient (Wildman–Crippen LogP) is 2.76.